The molecule has 1 N–H and O–H groups in total. The van der Waals surface area contributed by atoms with Gasteiger partial charge in [-0.15, -0.1) is 0 Å². The molecule has 1 fully saturated rings. The summed E-state index contributed by atoms with van der Waals surface area (Å²) in [5.41, 5.74) is 0.470. The van der Waals surface area contributed by atoms with E-state index in [2.05, 4.69) is 15.3 Å². The van der Waals surface area contributed by atoms with Crippen LogP contribution in [0, 0.1) is 17.0 Å². The predicted molar refractivity (Wildman–Crippen MR) is 75.7 cm³/mol. The van der Waals surface area contributed by atoms with Crippen LogP contribution < -0.4 is 5.32 Å². The fourth-order valence-electron chi connectivity index (χ4n) is 2.29. The maximum absolute atomic E-state index is 11.2. The van der Waals surface area contributed by atoms with Gasteiger partial charge in [0.1, 0.15) is 5.69 Å². The second kappa shape index (κ2) is 6.18. The molecule has 0 aliphatic heterocycles. The second-order valence-corrected chi connectivity index (χ2v) is 5.96. The van der Waals surface area contributed by atoms with E-state index in [0.29, 0.717) is 21.9 Å². The van der Waals surface area contributed by atoms with E-state index in [0.717, 1.165) is 12.8 Å². The highest BCUT2D eigenvalue weighted by molar-refractivity contribution is 8.00. The fraction of sp³-hybridized carbons (Fsp3) is 0.667. The Morgan fingerprint density at radius 1 is 1.32 bits per heavy atom. The maximum Gasteiger partial charge on any atom is 0.322 e. The number of rotatable bonds is 4. The molecule has 0 bridgehead atoms. The number of nitrogens with zero attached hydrogens (tertiary/aromatic N) is 3. The summed E-state index contributed by atoms with van der Waals surface area (Å²) in [4.78, 5) is 19.2. The number of thioether (sulfide) groups is 1. The van der Waals surface area contributed by atoms with Crippen molar-refractivity contribution in [2.75, 3.05) is 12.4 Å². The van der Waals surface area contributed by atoms with Gasteiger partial charge in [0.2, 0.25) is 5.95 Å². The van der Waals surface area contributed by atoms with Crippen LogP contribution in [0.3, 0.4) is 0 Å². The molecule has 0 radical (unpaired) electrons. The molecule has 6 nitrogen and oxygen atoms in total. The van der Waals surface area contributed by atoms with Crippen LogP contribution in [-0.2, 0) is 0 Å². The van der Waals surface area contributed by atoms with E-state index in [1.54, 1.807) is 14.0 Å². The van der Waals surface area contributed by atoms with Crippen molar-refractivity contribution in [2.45, 2.75) is 49.3 Å². The van der Waals surface area contributed by atoms with Gasteiger partial charge in [-0.25, -0.2) is 4.98 Å². The lowest BCUT2D eigenvalue weighted by Gasteiger charge is -2.20. The summed E-state index contributed by atoms with van der Waals surface area (Å²) < 4.78 is 0. The topological polar surface area (TPSA) is 81.0 Å². The third-order valence-corrected chi connectivity index (χ3v) is 4.58. The Bertz CT molecular complexity index is 475. The van der Waals surface area contributed by atoms with E-state index >= 15 is 0 Å². The number of aromatic nitrogens is 2. The van der Waals surface area contributed by atoms with Crippen LogP contribution in [0.2, 0.25) is 0 Å². The summed E-state index contributed by atoms with van der Waals surface area (Å²) >= 11 is 1.53. The molecule has 0 atom stereocenters. The van der Waals surface area contributed by atoms with Gasteiger partial charge in [0.15, 0.2) is 5.03 Å². The molecule has 1 aromatic rings. The van der Waals surface area contributed by atoms with Gasteiger partial charge < -0.3 is 5.32 Å². The highest BCUT2D eigenvalue weighted by Gasteiger charge is 2.25. The number of hydrogen-bond acceptors (Lipinski definition) is 6. The summed E-state index contributed by atoms with van der Waals surface area (Å²) in [7, 11) is 1.72. The van der Waals surface area contributed by atoms with Crippen molar-refractivity contribution in [3.05, 3.63) is 15.8 Å². The van der Waals surface area contributed by atoms with E-state index in [1.807, 2.05) is 0 Å². The Labute approximate surface area is 116 Å². The Morgan fingerprint density at radius 3 is 2.58 bits per heavy atom. The second-order valence-electron chi connectivity index (χ2n) is 4.67. The summed E-state index contributed by atoms with van der Waals surface area (Å²) in [6.07, 6.45) is 5.89. The summed E-state index contributed by atoms with van der Waals surface area (Å²) in [5, 5.41) is 15.0. The Hall–Kier alpha value is -1.37. The van der Waals surface area contributed by atoms with Gasteiger partial charge in [-0.2, -0.15) is 4.98 Å². The van der Waals surface area contributed by atoms with Crippen molar-refractivity contribution in [3.63, 3.8) is 0 Å². The molecule has 0 unspecified atom stereocenters. The summed E-state index contributed by atoms with van der Waals surface area (Å²) in [6, 6.07) is 0. The minimum atomic E-state index is -0.375. The monoisotopic (exact) mass is 282 g/mol. The van der Waals surface area contributed by atoms with E-state index in [4.69, 9.17) is 0 Å². The van der Waals surface area contributed by atoms with Crippen LogP contribution in [0.1, 0.15) is 37.8 Å². The number of anilines is 1. The lowest BCUT2D eigenvalue weighted by Crippen LogP contribution is -2.10. The van der Waals surface area contributed by atoms with Crippen LogP contribution in [0.4, 0.5) is 11.6 Å². The van der Waals surface area contributed by atoms with Crippen LogP contribution in [0.5, 0.6) is 0 Å². The Balaban J connectivity index is 2.29. The summed E-state index contributed by atoms with van der Waals surface area (Å²) in [5.74, 6) is 0.446. The molecule has 0 saturated heterocycles. The number of nitrogens with one attached hydrogen (secondary N) is 1. The molecule has 19 heavy (non-hydrogen) atoms. The van der Waals surface area contributed by atoms with E-state index in [1.165, 1.54) is 31.0 Å². The lowest BCUT2D eigenvalue weighted by atomic mass is 10.0. The smallest absolute Gasteiger partial charge is 0.322 e. The molecule has 1 saturated carbocycles. The quantitative estimate of drug-likeness (QED) is 0.519. The molecule has 0 aromatic carbocycles. The fourth-order valence-corrected chi connectivity index (χ4v) is 3.64. The summed E-state index contributed by atoms with van der Waals surface area (Å²) in [6.45, 7) is 1.66. The highest BCUT2D eigenvalue weighted by Crippen LogP contribution is 2.38. The maximum atomic E-state index is 11.2. The van der Waals surface area contributed by atoms with Crippen molar-refractivity contribution in [1.29, 1.82) is 0 Å². The number of nitro groups is 1. The van der Waals surface area contributed by atoms with Crippen molar-refractivity contribution < 1.29 is 4.92 Å². The molecule has 7 heteroatoms. The van der Waals surface area contributed by atoms with Gasteiger partial charge in [-0.05, 0) is 19.8 Å². The van der Waals surface area contributed by atoms with Gasteiger partial charge in [0.05, 0.1) is 4.92 Å². The number of aryl methyl sites for hydroxylation is 1. The van der Waals surface area contributed by atoms with Gasteiger partial charge in [-0.3, -0.25) is 10.1 Å². The normalized spacial score (nSPS) is 16.3. The van der Waals surface area contributed by atoms with Crippen LogP contribution in [0.15, 0.2) is 5.03 Å². The van der Waals surface area contributed by atoms with Crippen LogP contribution in [0.25, 0.3) is 0 Å². The first-order valence-corrected chi connectivity index (χ1v) is 7.37. The zero-order valence-electron chi connectivity index (χ0n) is 11.2. The first-order chi connectivity index (χ1) is 9.11. The van der Waals surface area contributed by atoms with Crippen molar-refractivity contribution >= 4 is 23.4 Å². The molecule has 0 amide bonds. The van der Waals surface area contributed by atoms with Crippen LogP contribution in [-0.4, -0.2) is 27.2 Å². The zero-order chi connectivity index (χ0) is 13.8. The molecule has 2 rings (SSSR count). The van der Waals surface area contributed by atoms with Gasteiger partial charge in [-0.1, -0.05) is 31.0 Å². The van der Waals surface area contributed by atoms with Crippen molar-refractivity contribution in [1.82, 2.24) is 9.97 Å². The molecule has 104 valence electrons. The van der Waals surface area contributed by atoms with Crippen molar-refractivity contribution in [3.8, 4) is 0 Å². The molecule has 1 aromatic heterocycles. The average Bonchev–Trinajstić information content (AvgIpc) is 2.38. The molecule has 1 heterocycles. The molecule has 0 spiro atoms. The number of hydrogen-bond donors (Lipinski definition) is 1. The lowest BCUT2D eigenvalue weighted by molar-refractivity contribution is -0.389. The Kier molecular flexibility index (Phi) is 4.57. The van der Waals surface area contributed by atoms with Crippen LogP contribution >= 0.6 is 11.8 Å². The minimum Gasteiger partial charge on any atom is -0.357 e. The standard InChI is InChI=1S/C12H18N4O2S/c1-8-10(16(17)18)11(15-12(13-2)14-8)19-9-6-4-3-5-7-9/h9H,3-7H2,1-2H3,(H,13,14,15). The van der Waals surface area contributed by atoms with Gasteiger partial charge in [0, 0.05) is 12.3 Å². The molecule has 1 aliphatic carbocycles. The van der Waals surface area contributed by atoms with E-state index < -0.39 is 0 Å². The third-order valence-electron chi connectivity index (χ3n) is 3.26. The van der Waals surface area contributed by atoms with Crippen molar-refractivity contribution in [2.24, 2.45) is 0 Å². The predicted octanol–water partition coefficient (Wildman–Crippen LogP) is 3.16. The van der Waals surface area contributed by atoms with Gasteiger partial charge in [0.25, 0.3) is 0 Å². The molecular formula is C12H18N4O2S. The Morgan fingerprint density at radius 2 is 2.00 bits per heavy atom. The first-order valence-electron chi connectivity index (χ1n) is 6.49. The average molecular weight is 282 g/mol. The SMILES string of the molecule is CNc1nc(C)c([N+](=O)[O-])c(SC2CCCCC2)n1. The van der Waals surface area contributed by atoms with Gasteiger partial charge >= 0.3 is 5.69 Å². The largest absolute Gasteiger partial charge is 0.357 e. The third kappa shape index (κ3) is 3.34. The highest BCUT2D eigenvalue weighted by atomic mass is 32.2. The zero-order valence-corrected chi connectivity index (χ0v) is 12.0. The van der Waals surface area contributed by atoms with E-state index in [-0.39, 0.29) is 10.6 Å². The van der Waals surface area contributed by atoms with E-state index in [9.17, 15) is 10.1 Å². The molecule has 1 aliphatic rings. The first kappa shape index (κ1) is 14.0. The minimum absolute atomic E-state index is 0.0505. The molecular weight excluding hydrogens is 264 g/mol.